The molecule has 3 aromatic rings. The predicted molar refractivity (Wildman–Crippen MR) is 139 cm³/mol. The fourth-order valence-corrected chi connectivity index (χ4v) is 5.55. The van der Waals surface area contributed by atoms with E-state index in [1.165, 1.54) is 31.4 Å². The van der Waals surface area contributed by atoms with Crippen molar-refractivity contribution in [1.82, 2.24) is 5.32 Å². The second-order valence-corrected chi connectivity index (χ2v) is 10.6. The molecule has 0 saturated carbocycles. The smallest absolute Gasteiger partial charge is 0.339 e. The Labute approximate surface area is 218 Å². The number of benzene rings is 3. The van der Waals surface area contributed by atoms with E-state index in [1.807, 2.05) is 30.3 Å². The maximum absolute atomic E-state index is 12.8. The normalized spacial score (nSPS) is 15.7. The van der Waals surface area contributed by atoms with Gasteiger partial charge in [-0.2, -0.15) is 8.42 Å². The van der Waals surface area contributed by atoms with Gasteiger partial charge in [0, 0.05) is 12.1 Å². The van der Waals surface area contributed by atoms with Gasteiger partial charge in [0.05, 0.1) is 27.1 Å². The van der Waals surface area contributed by atoms with Crippen LogP contribution in [0.3, 0.4) is 0 Å². The van der Waals surface area contributed by atoms with Crippen LogP contribution >= 0.6 is 27.7 Å². The molecule has 0 unspecified atom stereocenters. The number of ether oxygens (including phenoxy) is 1. The van der Waals surface area contributed by atoms with Gasteiger partial charge in [-0.05, 0) is 69.7 Å². The van der Waals surface area contributed by atoms with E-state index in [0.29, 0.717) is 21.3 Å². The number of nitrogens with zero attached hydrogens (tertiary/aromatic N) is 2. The van der Waals surface area contributed by atoms with Gasteiger partial charge in [-0.25, -0.2) is 4.99 Å². The van der Waals surface area contributed by atoms with Crippen molar-refractivity contribution in [3.8, 4) is 11.5 Å². The third-order valence-electron chi connectivity index (χ3n) is 4.70. The lowest BCUT2D eigenvalue weighted by molar-refractivity contribution is -0.385. The summed E-state index contributed by atoms with van der Waals surface area (Å²) in [4.78, 5) is 27.1. The molecule has 0 aromatic heterocycles. The lowest BCUT2D eigenvalue weighted by Crippen LogP contribution is -2.19. The maximum Gasteiger partial charge on any atom is 0.339 e. The summed E-state index contributed by atoms with van der Waals surface area (Å²) in [5, 5.41) is 14.1. The number of aliphatic imine (C=N–C) groups is 1. The number of halogens is 1. The summed E-state index contributed by atoms with van der Waals surface area (Å²) in [5.41, 5.74) is 0.824. The van der Waals surface area contributed by atoms with Crippen molar-refractivity contribution < 1.29 is 27.1 Å². The molecule has 0 spiro atoms. The molecular weight excluding hydrogens is 574 g/mol. The van der Waals surface area contributed by atoms with Crippen LogP contribution in [-0.4, -0.2) is 31.5 Å². The van der Waals surface area contributed by atoms with Crippen LogP contribution in [0.15, 0.2) is 86.0 Å². The first kappa shape index (κ1) is 25.4. The van der Waals surface area contributed by atoms with Crippen molar-refractivity contribution >= 4 is 66.3 Å². The molecule has 184 valence electrons. The fourth-order valence-electron chi connectivity index (χ4n) is 3.07. The molecule has 0 radical (unpaired) electrons. The first-order chi connectivity index (χ1) is 17.2. The Bertz CT molecular complexity index is 1520. The molecule has 3 aromatic carbocycles. The van der Waals surface area contributed by atoms with E-state index >= 15 is 0 Å². The summed E-state index contributed by atoms with van der Waals surface area (Å²) in [7, 11) is -3.09. The van der Waals surface area contributed by atoms with Gasteiger partial charge in [-0.15, -0.1) is 0 Å². The van der Waals surface area contributed by atoms with E-state index in [2.05, 4.69) is 26.2 Å². The minimum absolute atomic E-state index is 0.0619. The number of methoxy groups -OCH3 is 1. The number of thioether (sulfide) groups is 1. The van der Waals surface area contributed by atoms with Crippen LogP contribution < -0.4 is 14.2 Å². The Morgan fingerprint density at radius 1 is 1.11 bits per heavy atom. The quantitative estimate of drug-likeness (QED) is 0.175. The van der Waals surface area contributed by atoms with Crippen molar-refractivity contribution in [2.24, 2.45) is 4.99 Å². The number of nitrogens with one attached hydrogen (secondary N) is 1. The summed E-state index contributed by atoms with van der Waals surface area (Å²) in [6, 6.07) is 16.7. The average Bonchev–Trinajstić information content (AvgIpc) is 3.19. The van der Waals surface area contributed by atoms with Gasteiger partial charge in [0.2, 0.25) is 0 Å². The summed E-state index contributed by atoms with van der Waals surface area (Å²) >= 11 is 4.44. The van der Waals surface area contributed by atoms with Crippen LogP contribution in [-0.2, 0) is 14.9 Å². The molecule has 1 aliphatic rings. The maximum atomic E-state index is 12.8. The number of carbonyl (C=O) groups is 1. The number of para-hydroxylation sites is 1. The zero-order chi connectivity index (χ0) is 25.9. The van der Waals surface area contributed by atoms with Gasteiger partial charge in [0.25, 0.3) is 11.6 Å². The highest BCUT2D eigenvalue weighted by atomic mass is 79.9. The number of non-ortho nitro benzene ring substituents is 1. The lowest BCUT2D eigenvalue weighted by Gasteiger charge is -2.13. The van der Waals surface area contributed by atoms with Crippen LogP contribution in [0.25, 0.3) is 6.08 Å². The number of hydrogen-bond acceptors (Lipinski definition) is 9. The number of nitro benzene ring substituents is 1. The van der Waals surface area contributed by atoms with Gasteiger partial charge >= 0.3 is 10.1 Å². The van der Waals surface area contributed by atoms with Gasteiger partial charge in [-0.1, -0.05) is 24.3 Å². The molecule has 1 amide bonds. The van der Waals surface area contributed by atoms with Crippen LogP contribution in [0.1, 0.15) is 5.56 Å². The minimum atomic E-state index is -4.42. The summed E-state index contributed by atoms with van der Waals surface area (Å²) in [6.07, 6.45) is 1.60. The Kier molecular flexibility index (Phi) is 7.43. The molecule has 0 bridgehead atoms. The van der Waals surface area contributed by atoms with E-state index in [1.54, 1.807) is 12.1 Å². The largest absolute Gasteiger partial charge is 0.493 e. The number of nitro groups is 1. The first-order valence-electron chi connectivity index (χ1n) is 10.1. The van der Waals surface area contributed by atoms with Crippen LogP contribution in [0, 0.1) is 10.1 Å². The Morgan fingerprint density at radius 3 is 2.56 bits per heavy atom. The molecular formula is C23H16BrN3O7S2. The predicted octanol–water partition coefficient (Wildman–Crippen LogP) is 5.03. The van der Waals surface area contributed by atoms with Gasteiger partial charge in [-0.3, -0.25) is 14.9 Å². The molecule has 10 nitrogen and oxygen atoms in total. The van der Waals surface area contributed by atoms with Crippen LogP contribution in [0.4, 0.5) is 11.4 Å². The fraction of sp³-hybridized carbons (Fsp3) is 0.0435. The van der Waals surface area contributed by atoms with E-state index in [9.17, 15) is 23.3 Å². The Hall–Kier alpha value is -3.68. The highest BCUT2D eigenvalue weighted by Crippen LogP contribution is 2.40. The van der Waals surface area contributed by atoms with E-state index < -0.39 is 20.7 Å². The van der Waals surface area contributed by atoms with Crippen LogP contribution in [0.2, 0.25) is 0 Å². The zero-order valence-electron chi connectivity index (χ0n) is 18.4. The molecule has 1 aliphatic heterocycles. The van der Waals surface area contributed by atoms with Crippen molar-refractivity contribution in [3.05, 3.63) is 91.8 Å². The minimum Gasteiger partial charge on any atom is -0.493 e. The Balaban J connectivity index is 1.61. The lowest BCUT2D eigenvalue weighted by atomic mass is 10.2. The number of amides is 1. The molecule has 1 N–H and O–H groups in total. The standard InChI is InChI=1S/C23H16BrN3O7S2/c1-33-19-11-14(12-20-22(28)26-23(35-20)25-15-6-3-2-4-7-15)10-18(24)21(19)34-36(31,32)17-9-5-8-16(13-17)27(29)30/h2-13H,1H3,(H,25,26,28)/b20-12-. The third kappa shape index (κ3) is 5.75. The van der Waals surface area contributed by atoms with Crippen molar-refractivity contribution in [2.45, 2.75) is 4.90 Å². The molecule has 1 fully saturated rings. The average molecular weight is 590 g/mol. The molecule has 36 heavy (non-hydrogen) atoms. The SMILES string of the molecule is COc1cc(/C=C2\SC(=Nc3ccccc3)NC2=O)cc(Br)c1OS(=O)(=O)c1cccc([N+](=O)[O-])c1. The molecule has 1 saturated heterocycles. The second-order valence-electron chi connectivity index (χ2n) is 7.14. The first-order valence-corrected chi connectivity index (χ1v) is 13.1. The number of hydrogen-bond donors (Lipinski definition) is 1. The highest BCUT2D eigenvalue weighted by Gasteiger charge is 2.26. The number of carbonyl (C=O) groups excluding carboxylic acids is 1. The number of amidine groups is 1. The van der Waals surface area contributed by atoms with Crippen molar-refractivity contribution in [1.29, 1.82) is 0 Å². The molecule has 0 atom stereocenters. The molecule has 13 heteroatoms. The Morgan fingerprint density at radius 2 is 1.86 bits per heavy atom. The summed E-state index contributed by atoms with van der Waals surface area (Å²) in [6.45, 7) is 0. The molecule has 0 aliphatic carbocycles. The van der Waals surface area contributed by atoms with Gasteiger partial charge < -0.3 is 14.2 Å². The second kappa shape index (κ2) is 10.5. The topological polar surface area (TPSA) is 137 Å². The van der Waals surface area contributed by atoms with Gasteiger partial charge in [0.15, 0.2) is 16.7 Å². The van der Waals surface area contributed by atoms with Crippen LogP contribution in [0.5, 0.6) is 11.5 Å². The van der Waals surface area contributed by atoms with Gasteiger partial charge in [0.1, 0.15) is 4.90 Å². The number of rotatable bonds is 7. The zero-order valence-corrected chi connectivity index (χ0v) is 21.6. The van der Waals surface area contributed by atoms with Crippen molar-refractivity contribution in [2.75, 3.05) is 7.11 Å². The molecule has 1 heterocycles. The highest BCUT2D eigenvalue weighted by molar-refractivity contribution is 9.10. The van der Waals surface area contributed by atoms with E-state index in [-0.39, 0.29) is 26.8 Å². The third-order valence-corrected chi connectivity index (χ3v) is 7.41. The summed E-state index contributed by atoms with van der Waals surface area (Å²) < 4.78 is 36.4. The van der Waals surface area contributed by atoms with E-state index in [0.717, 1.165) is 17.8 Å². The van der Waals surface area contributed by atoms with Crippen molar-refractivity contribution in [3.63, 3.8) is 0 Å². The monoisotopic (exact) mass is 589 g/mol. The summed E-state index contributed by atoms with van der Waals surface area (Å²) in [5.74, 6) is -0.425. The van der Waals surface area contributed by atoms with E-state index in [4.69, 9.17) is 8.92 Å². The molecule has 4 rings (SSSR count).